The van der Waals surface area contributed by atoms with Crippen molar-refractivity contribution in [3.05, 3.63) is 121 Å². The van der Waals surface area contributed by atoms with E-state index >= 15 is 0 Å². The molecule has 0 fully saturated rings. The number of rotatable bonds is 9. The van der Waals surface area contributed by atoms with Gasteiger partial charge in [-0.25, -0.2) is 0 Å². The molecule has 186 valence electrons. The normalized spacial score (nSPS) is 11.1. The summed E-state index contributed by atoms with van der Waals surface area (Å²) in [7, 11) is 1.62. The number of allylic oxidation sites excluding steroid dienone is 1. The second-order valence-corrected chi connectivity index (χ2v) is 10.7. The molecule has 0 N–H and O–H groups in total. The molecule has 4 nitrogen and oxygen atoms in total. The number of ether oxygens (including phenoxy) is 3. The maximum atomic E-state index is 9.67. The molecule has 4 rings (SSSR count). The number of nitrogens with zero attached hydrogens (tertiary/aromatic N) is 1. The van der Waals surface area contributed by atoms with Crippen LogP contribution in [0.25, 0.3) is 11.6 Å². The van der Waals surface area contributed by atoms with Gasteiger partial charge in [0.05, 0.1) is 27.7 Å². The van der Waals surface area contributed by atoms with Crippen molar-refractivity contribution in [2.24, 2.45) is 0 Å². The number of hydrogen-bond acceptors (Lipinski definition) is 4. The van der Waals surface area contributed by atoms with Gasteiger partial charge in [0.25, 0.3) is 0 Å². The second-order valence-electron chi connectivity index (χ2n) is 8.04. The topological polar surface area (TPSA) is 51.5 Å². The van der Waals surface area contributed by atoms with E-state index in [2.05, 4.69) is 53.9 Å². The van der Waals surface area contributed by atoms with Gasteiger partial charge in [-0.1, -0.05) is 64.5 Å². The van der Waals surface area contributed by atoms with E-state index in [0.29, 0.717) is 36.0 Å². The van der Waals surface area contributed by atoms with Crippen molar-refractivity contribution < 1.29 is 14.2 Å². The fraction of sp³-hybridized carbons (Fsp3) is 0.100. The number of benzene rings is 4. The van der Waals surface area contributed by atoms with Crippen molar-refractivity contribution in [1.29, 1.82) is 5.26 Å². The average molecular weight is 684 g/mol. The molecule has 0 aromatic heterocycles. The Morgan fingerprint density at radius 2 is 1.46 bits per heavy atom. The highest BCUT2D eigenvalue weighted by Gasteiger charge is 2.12. The molecule has 0 saturated heterocycles. The Morgan fingerprint density at radius 1 is 0.784 bits per heavy atom. The molecule has 4 aromatic rings. The maximum Gasteiger partial charge on any atom is 0.161 e. The van der Waals surface area contributed by atoms with Crippen LogP contribution in [0, 0.1) is 11.3 Å². The molecule has 0 amide bonds. The van der Waals surface area contributed by atoms with Gasteiger partial charge in [0.2, 0.25) is 0 Å². The first kappa shape index (κ1) is 27.0. The Labute approximate surface area is 241 Å². The van der Waals surface area contributed by atoms with E-state index in [1.165, 1.54) is 0 Å². The first-order valence-corrected chi connectivity index (χ1v) is 13.7. The smallest absolute Gasteiger partial charge is 0.161 e. The molecule has 0 unspecified atom stereocenters. The monoisotopic (exact) mass is 681 g/mol. The van der Waals surface area contributed by atoms with Crippen LogP contribution < -0.4 is 14.2 Å². The van der Waals surface area contributed by atoms with Crippen LogP contribution in [0.1, 0.15) is 22.3 Å². The van der Waals surface area contributed by atoms with Gasteiger partial charge in [0, 0.05) is 4.47 Å². The Kier molecular flexibility index (Phi) is 9.45. The van der Waals surface area contributed by atoms with E-state index in [0.717, 1.165) is 35.7 Å². The van der Waals surface area contributed by atoms with Gasteiger partial charge >= 0.3 is 0 Å². The molecule has 0 atom stereocenters. The van der Waals surface area contributed by atoms with Gasteiger partial charge < -0.3 is 14.2 Å². The summed E-state index contributed by atoms with van der Waals surface area (Å²) < 4.78 is 20.1. The van der Waals surface area contributed by atoms with Crippen molar-refractivity contribution in [2.45, 2.75) is 13.2 Å². The van der Waals surface area contributed by atoms with Crippen LogP contribution in [0.4, 0.5) is 0 Å². The van der Waals surface area contributed by atoms with Crippen molar-refractivity contribution in [3.63, 3.8) is 0 Å². The summed E-state index contributed by atoms with van der Waals surface area (Å²) in [5.74, 6) is 1.99. The predicted molar refractivity (Wildman–Crippen MR) is 158 cm³/mol. The van der Waals surface area contributed by atoms with Crippen molar-refractivity contribution >= 4 is 59.4 Å². The average Bonchev–Trinajstić information content (AvgIpc) is 2.91. The SMILES string of the molecule is COc1cc(COc2c(Br)cc(/C=C(\C#N)c3ccc(Br)cc3)cc2Br)ccc1OCc1ccccc1. The molecule has 4 aromatic carbocycles. The molecule has 0 heterocycles. The van der Waals surface area contributed by atoms with Gasteiger partial charge in [0.1, 0.15) is 19.0 Å². The predicted octanol–water partition coefficient (Wildman–Crippen LogP) is 9.20. The largest absolute Gasteiger partial charge is 0.493 e. The molecular weight excluding hydrogens is 662 g/mol. The fourth-order valence-corrected chi connectivity index (χ4v) is 5.30. The minimum absolute atomic E-state index is 0.337. The Hall–Kier alpha value is -3.05. The van der Waals surface area contributed by atoms with Crippen LogP contribution in [-0.2, 0) is 13.2 Å². The quantitative estimate of drug-likeness (QED) is 0.130. The molecule has 0 aliphatic rings. The lowest BCUT2D eigenvalue weighted by atomic mass is 10.0. The van der Waals surface area contributed by atoms with E-state index in [9.17, 15) is 5.26 Å². The zero-order valence-corrected chi connectivity index (χ0v) is 24.6. The molecule has 0 spiro atoms. The third kappa shape index (κ3) is 7.26. The molecule has 0 saturated carbocycles. The summed E-state index contributed by atoms with van der Waals surface area (Å²) in [6, 6.07) is 29.5. The minimum atomic E-state index is 0.337. The maximum absolute atomic E-state index is 9.67. The molecule has 37 heavy (non-hydrogen) atoms. The highest BCUT2D eigenvalue weighted by atomic mass is 79.9. The molecule has 0 aliphatic heterocycles. The summed E-state index contributed by atoms with van der Waals surface area (Å²) >= 11 is 10.7. The fourth-order valence-electron chi connectivity index (χ4n) is 3.59. The van der Waals surface area contributed by atoms with Gasteiger partial charge in [-0.3, -0.25) is 0 Å². The van der Waals surface area contributed by atoms with Crippen molar-refractivity contribution in [2.75, 3.05) is 7.11 Å². The Balaban J connectivity index is 1.46. The summed E-state index contributed by atoms with van der Waals surface area (Å²) in [6.07, 6.45) is 1.85. The van der Waals surface area contributed by atoms with Crippen LogP contribution in [0.3, 0.4) is 0 Å². The number of halogens is 3. The van der Waals surface area contributed by atoms with Crippen LogP contribution in [-0.4, -0.2) is 7.11 Å². The van der Waals surface area contributed by atoms with Crippen LogP contribution >= 0.6 is 47.8 Å². The lowest BCUT2D eigenvalue weighted by molar-refractivity contribution is 0.281. The highest BCUT2D eigenvalue weighted by molar-refractivity contribution is 9.11. The number of hydrogen-bond donors (Lipinski definition) is 0. The summed E-state index contributed by atoms with van der Waals surface area (Å²) in [5.41, 5.74) is 4.31. The zero-order valence-electron chi connectivity index (χ0n) is 19.9. The van der Waals surface area contributed by atoms with Crippen LogP contribution in [0.2, 0.25) is 0 Å². The standard InChI is InChI=1S/C30H22Br3NO3/c1-35-29-16-21(7-12-28(29)36-18-20-5-3-2-4-6-20)19-37-30-26(32)14-22(15-27(30)33)13-24(17-34)23-8-10-25(31)11-9-23/h2-16H,18-19H2,1H3/b24-13+. The Bertz CT molecular complexity index is 1420. The third-order valence-electron chi connectivity index (χ3n) is 5.46. The molecule has 0 radical (unpaired) electrons. The minimum Gasteiger partial charge on any atom is -0.493 e. The molecule has 0 bridgehead atoms. The molecular formula is C30H22Br3NO3. The molecule has 0 aliphatic carbocycles. The summed E-state index contributed by atoms with van der Waals surface area (Å²) in [5, 5.41) is 9.67. The van der Waals surface area contributed by atoms with Crippen molar-refractivity contribution in [3.8, 4) is 23.3 Å². The van der Waals surface area contributed by atoms with Crippen LogP contribution in [0.5, 0.6) is 17.2 Å². The van der Waals surface area contributed by atoms with E-state index in [1.54, 1.807) is 7.11 Å². The number of methoxy groups -OCH3 is 1. The molecule has 7 heteroatoms. The first-order valence-electron chi connectivity index (χ1n) is 11.3. The van der Waals surface area contributed by atoms with Gasteiger partial charge in [0.15, 0.2) is 11.5 Å². The van der Waals surface area contributed by atoms with E-state index in [-0.39, 0.29) is 0 Å². The first-order chi connectivity index (χ1) is 18.0. The second kappa shape index (κ2) is 13.0. The Morgan fingerprint density at radius 3 is 2.11 bits per heavy atom. The van der Waals surface area contributed by atoms with Crippen LogP contribution in [0.15, 0.2) is 98.3 Å². The summed E-state index contributed by atoms with van der Waals surface area (Å²) in [6.45, 7) is 0.799. The highest BCUT2D eigenvalue weighted by Crippen LogP contribution is 2.37. The van der Waals surface area contributed by atoms with Gasteiger partial charge in [-0.15, -0.1) is 0 Å². The van der Waals surface area contributed by atoms with E-state index in [1.807, 2.05) is 91.0 Å². The van der Waals surface area contributed by atoms with Crippen molar-refractivity contribution in [1.82, 2.24) is 0 Å². The lowest BCUT2D eigenvalue weighted by Crippen LogP contribution is -2.01. The van der Waals surface area contributed by atoms with E-state index in [4.69, 9.17) is 14.2 Å². The van der Waals surface area contributed by atoms with Gasteiger partial charge in [-0.05, 0) is 96.6 Å². The number of nitriles is 1. The summed E-state index contributed by atoms with van der Waals surface area (Å²) in [4.78, 5) is 0. The van der Waals surface area contributed by atoms with Gasteiger partial charge in [-0.2, -0.15) is 5.26 Å². The van der Waals surface area contributed by atoms with E-state index < -0.39 is 0 Å². The zero-order chi connectivity index (χ0) is 26.2. The third-order valence-corrected chi connectivity index (χ3v) is 7.16. The lowest BCUT2D eigenvalue weighted by Gasteiger charge is -2.14.